The first-order valence-electron chi connectivity index (χ1n) is 8.74. The van der Waals surface area contributed by atoms with Gasteiger partial charge in [-0.3, -0.25) is 4.79 Å². The third-order valence-corrected chi connectivity index (χ3v) is 5.14. The van der Waals surface area contributed by atoms with Gasteiger partial charge in [0.2, 0.25) is 0 Å². The summed E-state index contributed by atoms with van der Waals surface area (Å²) in [5, 5.41) is 16.0. The largest absolute Gasteiger partial charge is 0.508 e. The van der Waals surface area contributed by atoms with Crippen LogP contribution >= 0.6 is 0 Å². The van der Waals surface area contributed by atoms with Crippen LogP contribution in [0.2, 0.25) is 0 Å². The Hall–Kier alpha value is -2.53. The molecule has 2 atom stereocenters. The van der Waals surface area contributed by atoms with E-state index >= 15 is 0 Å². The zero-order chi connectivity index (χ0) is 17.2. The number of fused-ring (bicyclic) bond motifs is 1. The third-order valence-electron chi connectivity index (χ3n) is 5.14. The molecule has 0 saturated carbocycles. The first-order chi connectivity index (χ1) is 12.2. The van der Waals surface area contributed by atoms with Crippen molar-refractivity contribution in [2.45, 2.75) is 18.9 Å². The van der Waals surface area contributed by atoms with E-state index < -0.39 is 0 Å². The van der Waals surface area contributed by atoms with Crippen molar-refractivity contribution < 1.29 is 14.6 Å². The van der Waals surface area contributed by atoms with Gasteiger partial charge >= 0.3 is 0 Å². The Balaban J connectivity index is 1.47. The first-order valence-corrected chi connectivity index (χ1v) is 8.74. The van der Waals surface area contributed by atoms with Gasteiger partial charge in [-0.05, 0) is 54.3 Å². The SMILES string of the molecule is O=C1NCc2ccc(OC[C@@H]3CNCC[C@H]3c3cccc(O)c3)cc21. The molecule has 0 aliphatic carbocycles. The molecule has 5 heteroatoms. The first kappa shape index (κ1) is 16.0. The van der Waals surface area contributed by atoms with Crippen LogP contribution in [0.4, 0.5) is 0 Å². The van der Waals surface area contributed by atoms with Crippen molar-refractivity contribution in [1.82, 2.24) is 10.6 Å². The fourth-order valence-corrected chi connectivity index (χ4v) is 3.78. The smallest absolute Gasteiger partial charge is 0.252 e. The fourth-order valence-electron chi connectivity index (χ4n) is 3.78. The van der Waals surface area contributed by atoms with Crippen molar-refractivity contribution in [2.24, 2.45) is 5.92 Å². The van der Waals surface area contributed by atoms with Crippen molar-refractivity contribution in [3.63, 3.8) is 0 Å². The van der Waals surface area contributed by atoms with E-state index in [1.807, 2.05) is 30.3 Å². The Bertz CT molecular complexity index is 790. The van der Waals surface area contributed by atoms with Crippen LogP contribution in [0.5, 0.6) is 11.5 Å². The lowest BCUT2D eigenvalue weighted by atomic mass is 9.81. The molecule has 0 spiro atoms. The second-order valence-corrected chi connectivity index (χ2v) is 6.77. The average molecular weight is 338 g/mol. The summed E-state index contributed by atoms with van der Waals surface area (Å²) in [4.78, 5) is 11.8. The van der Waals surface area contributed by atoms with E-state index in [0.717, 1.165) is 36.4 Å². The second kappa shape index (κ2) is 6.76. The minimum atomic E-state index is -0.0302. The summed E-state index contributed by atoms with van der Waals surface area (Å²) in [5.74, 6) is 1.68. The summed E-state index contributed by atoms with van der Waals surface area (Å²) >= 11 is 0. The summed E-state index contributed by atoms with van der Waals surface area (Å²) in [7, 11) is 0. The molecule has 1 fully saturated rings. The quantitative estimate of drug-likeness (QED) is 0.801. The molecule has 25 heavy (non-hydrogen) atoms. The number of carbonyl (C=O) groups excluding carboxylic acids is 1. The molecule has 2 aromatic carbocycles. The van der Waals surface area contributed by atoms with Crippen molar-refractivity contribution >= 4 is 5.91 Å². The minimum absolute atomic E-state index is 0.0302. The topological polar surface area (TPSA) is 70.6 Å². The van der Waals surface area contributed by atoms with Crippen LogP contribution in [-0.2, 0) is 6.54 Å². The number of hydrogen-bond acceptors (Lipinski definition) is 4. The van der Waals surface area contributed by atoms with E-state index in [9.17, 15) is 9.90 Å². The van der Waals surface area contributed by atoms with Gasteiger partial charge in [0.05, 0.1) is 6.61 Å². The number of nitrogens with one attached hydrogen (secondary N) is 2. The fraction of sp³-hybridized carbons (Fsp3) is 0.350. The number of benzene rings is 2. The molecule has 5 nitrogen and oxygen atoms in total. The second-order valence-electron chi connectivity index (χ2n) is 6.77. The van der Waals surface area contributed by atoms with E-state index in [4.69, 9.17) is 4.74 Å². The van der Waals surface area contributed by atoms with Crippen LogP contribution < -0.4 is 15.4 Å². The summed E-state index contributed by atoms with van der Waals surface area (Å²) < 4.78 is 6.02. The molecule has 0 radical (unpaired) electrons. The Labute approximate surface area is 147 Å². The highest BCUT2D eigenvalue weighted by atomic mass is 16.5. The van der Waals surface area contributed by atoms with Gasteiger partial charge in [0.25, 0.3) is 5.91 Å². The molecular formula is C20H22N2O3. The summed E-state index contributed by atoms with van der Waals surface area (Å²) in [6.45, 7) is 3.02. The molecule has 1 saturated heterocycles. The number of rotatable bonds is 4. The van der Waals surface area contributed by atoms with E-state index in [-0.39, 0.29) is 5.91 Å². The molecule has 0 unspecified atom stereocenters. The summed E-state index contributed by atoms with van der Waals surface area (Å²) in [5.41, 5.74) is 2.89. The predicted octanol–water partition coefficient (Wildman–Crippen LogP) is 2.41. The molecule has 2 aliphatic heterocycles. The number of hydrogen-bond donors (Lipinski definition) is 3. The van der Waals surface area contributed by atoms with Gasteiger partial charge in [0.1, 0.15) is 11.5 Å². The number of phenolic OH excluding ortho intramolecular Hbond substituents is 1. The van der Waals surface area contributed by atoms with Crippen LogP contribution in [0.25, 0.3) is 0 Å². The molecule has 4 rings (SSSR count). The van der Waals surface area contributed by atoms with Crippen molar-refractivity contribution in [1.29, 1.82) is 0 Å². The maximum atomic E-state index is 11.8. The normalized spacial score (nSPS) is 22.3. The monoisotopic (exact) mass is 338 g/mol. The number of aromatic hydroxyl groups is 1. The molecular weight excluding hydrogens is 316 g/mol. The van der Waals surface area contributed by atoms with Crippen molar-refractivity contribution in [3.8, 4) is 11.5 Å². The minimum Gasteiger partial charge on any atom is -0.508 e. The van der Waals surface area contributed by atoms with Gasteiger partial charge in [-0.1, -0.05) is 18.2 Å². The average Bonchev–Trinajstić information content (AvgIpc) is 3.01. The number of ether oxygens (including phenoxy) is 1. The zero-order valence-corrected chi connectivity index (χ0v) is 14.0. The maximum Gasteiger partial charge on any atom is 0.252 e. The van der Waals surface area contributed by atoms with E-state index in [1.165, 1.54) is 0 Å². The standard InChI is InChI=1S/C20H22N2O3/c23-16-3-1-2-13(8-16)18-6-7-21-10-15(18)12-25-17-5-4-14-11-22-20(24)19(14)9-17/h1-5,8-9,15,18,21,23H,6-7,10-12H2,(H,22,24)/t15-,18-/m0/s1. The van der Waals surface area contributed by atoms with Crippen LogP contribution in [0.15, 0.2) is 42.5 Å². The van der Waals surface area contributed by atoms with E-state index in [1.54, 1.807) is 6.07 Å². The molecule has 2 aliphatic rings. The van der Waals surface area contributed by atoms with Gasteiger partial charge in [-0.15, -0.1) is 0 Å². The summed E-state index contributed by atoms with van der Waals surface area (Å²) in [6, 6.07) is 13.2. The van der Waals surface area contributed by atoms with Crippen molar-refractivity contribution in [2.75, 3.05) is 19.7 Å². The van der Waals surface area contributed by atoms with Gasteiger partial charge in [0, 0.05) is 24.6 Å². The molecule has 0 bridgehead atoms. The number of piperidine rings is 1. The van der Waals surface area contributed by atoms with E-state index in [2.05, 4.69) is 16.7 Å². The zero-order valence-electron chi connectivity index (χ0n) is 14.0. The number of phenols is 1. The molecule has 1 amide bonds. The number of amides is 1. The van der Waals surface area contributed by atoms with E-state index in [0.29, 0.717) is 36.3 Å². The van der Waals surface area contributed by atoms with Crippen LogP contribution in [0.3, 0.4) is 0 Å². The molecule has 130 valence electrons. The van der Waals surface area contributed by atoms with Gasteiger partial charge in [-0.25, -0.2) is 0 Å². The molecule has 3 N–H and O–H groups in total. The highest BCUT2D eigenvalue weighted by Crippen LogP contribution is 2.32. The molecule has 2 aromatic rings. The highest BCUT2D eigenvalue weighted by molar-refractivity contribution is 5.98. The van der Waals surface area contributed by atoms with Gasteiger partial charge in [-0.2, -0.15) is 0 Å². The van der Waals surface area contributed by atoms with Crippen LogP contribution in [0.1, 0.15) is 33.8 Å². The third kappa shape index (κ3) is 3.33. The summed E-state index contributed by atoms with van der Waals surface area (Å²) in [6.07, 6.45) is 1.02. The lowest BCUT2D eigenvalue weighted by Gasteiger charge is -2.32. The van der Waals surface area contributed by atoms with Gasteiger partial charge < -0.3 is 20.5 Å². The molecule has 0 aromatic heterocycles. The highest BCUT2D eigenvalue weighted by Gasteiger charge is 2.27. The van der Waals surface area contributed by atoms with Crippen LogP contribution in [0, 0.1) is 5.92 Å². The van der Waals surface area contributed by atoms with Gasteiger partial charge in [0.15, 0.2) is 0 Å². The Morgan fingerprint density at radius 3 is 3.00 bits per heavy atom. The molecule has 2 heterocycles. The van der Waals surface area contributed by atoms with Crippen LogP contribution in [-0.4, -0.2) is 30.7 Å². The predicted molar refractivity (Wildman–Crippen MR) is 94.9 cm³/mol. The Morgan fingerprint density at radius 2 is 2.12 bits per heavy atom. The lowest BCUT2D eigenvalue weighted by molar-refractivity contribution is 0.0965. The maximum absolute atomic E-state index is 11.8. The van der Waals surface area contributed by atoms with Crippen molar-refractivity contribution in [3.05, 3.63) is 59.2 Å². The lowest BCUT2D eigenvalue weighted by Crippen LogP contribution is -2.38. The Kier molecular flexibility index (Phi) is 4.32. The number of carbonyl (C=O) groups is 1. The Morgan fingerprint density at radius 1 is 1.20 bits per heavy atom.